The third-order valence-corrected chi connectivity index (χ3v) is 3.95. The molecule has 6 nitrogen and oxygen atoms in total. The van der Waals surface area contributed by atoms with E-state index >= 15 is 0 Å². The Balaban J connectivity index is 0.00000220. The third kappa shape index (κ3) is 6.01. The smallest absolute Gasteiger partial charge is 0.241 e. The van der Waals surface area contributed by atoms with Crippen LogP contribution in [-0.4, -0.2) is 26.9 Å². The molecule has 0 saturated carbocycles. The van der Waals surface area contributed by atoms with Crippen molar-refractivity contribution in [3.8, 4) is 0 Å². The summed E-state index contributed by atoms with van der Waals surface area (Å²) in [5.41, 5.74) is 1.25. The number of amides is 1. The first-order valence-electron chi connectivity index (χ1n) is 6.58. The molecule has 8 heteroatoms. The van der Waals surface area contributed by atoms with Gasteiger partial charge in [0.05, 0.1) is 11.8 Å². The average Bonchev–Trinajstić information content (AvgIpc) is 2.40. The molecule has 1 saturated heterocycles. The molecule has 1 amide bonds. The van der Waals surface area contributed by atoms with Gasteiger partial charge in [0, 0.05) is 5.69 Å². The Kier molecular flexibility index (Phi) is 6.60. The zero-order valence-corrected chi connectivity index (χ0v) is 13.2. The fourth-order valence-electron chi connectivity index (χ4n) is 2.22. The lowest BCUT2D eigenvalue weighted by Crippen LogP contribution is -2.43. The van der Waals surface area contributed by atoms with Crippen LogP contribution in [0.3, 0.4) is 0 Å². The van der Waals surface area contributed by atoms with Gasteiger partial charge in [0.2, 0.25) is 15.9 Å². The summed E-state index contributed by atoms with van der Waals surface area (Å²) in [5, 5.41) is 11.0. The minimum absolute atomic E-state index is 0. The first-order valence-corrected chi connectivity index (χ1v) is 8.29. The van der Waals surface area contributed by atoms with Gasteiger partial charge in [0.1, 0.15) is 0 Å². The van der Waals surface area contributed by atoms with Crippen molar-refractivity contribution >= 4 is 34.0 Å². The largest absolute Gasteiger partial charge is 0.325 e. The Morgan fingerprint density at radius 2 is 1.95 bits per heavy atom. The zero-order chi connectivity index (χ0) is 14.6. The molecule has 2 rings (SSSR count). The summed E-state index contributed by atoms with van der Waals surface area (Å²) in [4.78, 5) is 12.0. The van der Waals surface area contributed by atoms with E-state index in [1.807, 2.05) is 0 Å². The van der Waals surface area contributed by atoms with Gasteiger partial charge in [0.15, 0.2) is 0 Å². The van der Waals surface area contributed by atoms with Gasteiger partial charge in [0.25, 0.3) is 0 Å². The number of hydrogen-bond acceptors (Lipinski definition) is 4. The molecule has 1 aromatic carbocycles. The molecule has 0 spiro atoms. The Morgan fingerprint density at radius 3 is 2.48 bits per heavy atom. The highest BCUT2D eigenvalue weighted by molar-refractivity contribution is 7.88. The molecule has 1 aliphatic rings. The zero-order valence-electron chi connectivity index (χ0n) is 11.5. The van der Waals surface area contributed by atoms with Gasteiger partial charge in [-0.2, -0.15) is 0 Å². The second-order valence-electron chi connectivity index (χ2n) is 5.00. The molecule has 0 aromatic heterocycles. The number of nitrogens with two attached hydrogens (primary N) is 1. The summed E-state index contributed by atoms with van der Waals surface area (Å²) in [7, 11) is -3.53. The first kappa shape index (κ1) is 17.9. The summed E-state index contributed by atoms with van der Waals surface area (Å²) in [5.74, 6) is -0.255. The van der Waals surface area contributed by atoms with Crippen molar-refractivity contribution in [1.82, 2.24) is 5.32 Å². The maximum atomic E-state index is 12.0. The molecule has 1 fully saturated rings. The van der Waals surface area contributed by atoms with E-state index in [1.165, 1.54) is 0 Å². The lowest BCUT2D eigenvalue weighted by atomic mass is 10.0. The van der Waals surface area contributed by atoms with Crippen LogP contribution in [0.25, 0.3) is 0 Å². The van der Waals surface area contributed by atoms with Crippen LogP contribution in [-0.2, 0) is 20.6 Å². The van der Waals surface area contributed by atoms with Crippen LogP contribution >= 0.6 is 12.4 Å². The van der Waals surface area contributed by atoms with E-state index in [-0.39, 0.29) is 30.1 Å². The van der Waals surface area contributed by atoms with E-state index in [4.69, 9.17) is 5.14 Å². The van der Waals surface area contributed by atoms with Gasteiger partial charge >= 0.3 is 0 Å². The van der Waals surface area contributed by atoms with Crippen molar-refractivity contribution in [2.45, 2.75) is 31.1 Å². The van der Waals surface area contributed by atoms with Crippen LogP contribution < -0.4 is 15.8 Å². The summed E-state index contributed by atoms with van der Waals surface area (Å²) in [6, 6.07) is 6.51. The lowest BCUT2D eigenvalue weighted by molar-refractivity contribution is -0.118. The van der Waals surface area contributed by atoms with Crippen LogP contribution in [0.15, 0.2) is 24.3 Å². The number of piperidine rings is 1. The first-order chi connectivity index (χ1) is 9.44. The van der Waals surface area contributed by atoms with E-state index in [2.05, 4.69) is 10.6 Å². The van der Waals surface area contributed by atoms with Crippen LogP contribution in [0.4, 0.5) is 5.69 Å². The number of benzene rings is 1. The Bertz CT molecular complexity index is 569. The Morgan fingerprint density at radius 1 is 1.29 bits per heavy atom. The number of sulfonamides is 1. The quantitative estimate of drug-likeness (QED) is 0.764. The van der Waals surface area contributed by atoms with Crippen LogP contribution in [0.2, 0.25) is 0 Å². The molecule has 1 heterocycles. The van der Waals surface area contributed by atoms with Crippen molar-refractivity contribution in [3.05, 3.63) is 29.8 Å². The Hall–Kier alpha value is -1.15. The molecular weight excluding hydrogens is 314 g/mol. The molecule has 1 atom stereocenters. The molecule has 1 aromatic rings. The standard InChI is InChI=1S/C13H19N3O3S.ClH/c14-20(18,19)9-10-4-6-11(7-5-10)16-13(17)12-3-1-2-8-15-12;/h4-7,12,15H,1-3,8-9H2,(H,16,17)(H2,14,18,19);1H/t12-;/m1./s1. The SMILES string of the molecule is Cl.NS(=O)(=O)Cc1ccc(NC(=O)[C@H]2CCCCN2)cc1. The van der Waals surface area contributed by atoms with Crippen molar-refractivity contribution in [2.75, 3.05) is 11.9 Å². The highest BCUT2D eigenvalue weighted by Crippen LogP contribution is 2.13. The second-order valence-corrected chi connectivity index (χ2v) is 6.61. The predicted octanol–water partition coefficient (Wildman–Crippen LogP) is 0.977. The molecule has 21 heavy (non-hydrogen) atoms. The maximum absolute atomic E-state index is 12.0. The van der Waals surface area contributed by atoms with E-state index < -0.39 is 10.0 Å². The second kappa shape index (κ2) is 7.74. The molecule has 0 unspecified atom stereocenters. The summed E-state index contributed by atoms with van der Waals surface area (Å²) >= 11 is 0. The lowest BCUT2D eigenvalue weighted by Gasteiger charge is -2.22. The van der Waals surface area contributed by atoms with Gasteiger partial charge in [-0.1, -0.05) is 18.6 Å². The highest BCUT2D eigenvalue weighted by atomic mass is 35.5. The van der Waals surface area contributed by atoms with Crippen molar-refractivity contribution in [1.29, 1.82) is 0 Å². The number of anilines is 1. The maximum Gasteiger partial charge on any atom is 0.241 e. The Labute approximate surface area is 130 Å². The topological polar surface area (TPSA) is 101 Å². The molecule has 1 aliphatic heterocycles. The van der Waals surface area contributed by atoms with Gasteiger partial charge in [-0.05, 0) is 37.1 Å². The van der Waals surface area contributed by atoms with E-state index in [0.717, 1.165) is 25.8 Å². The summed E-state index contributed by atoms with van der Waals surface area (Å²) in [6.45, 7) is 0.866. The molecule has 0 radical (unpaired) electrons. The summed E-state index contributed by atoms with van der Waals surface area (Å²) in [6.07, 6.45) is 3.00. The minimum Gasteiger partial charge on any atom is -0.325 e. The van der Waals surface area contributed by atoms with Crippen molar-refractivity contribution in [3.63, 3.8) is 0 Å². The summed E-state index contributed by atoms with van der Waals surface area (Å²) < 4.78 is 21.9. The molecule has 4 N–H and O–H groups in total. The average molecular weight is 334 g/mol. The highest BCUT2D eigenvalue weighted by Gasteiger charge is 2.20. The molecular formula is C13H20ClN3O3S. The fraction of sp³-hybridized carbons (Fsp3) is 0.462. The number of carbonyl (C=O) groups excluding carboxylic acids is 1. The normalized spacial score (nSPS) is 18.6. The van der Waals surface area contributed by atoms with Crippen molar-refractivity contribution < 1.29 is 13.2 Å². The number of carbonyl (C=O) groups is 1. The number of rotatable bonds is 4. The molecule has 0 aliphatic carbocycles. The predicted molar refractivity (Wildman–Crippen MR) is 84.8 cm³/mol. The van der Waals surface area contributed by atoms with Crippen LogP contribution in [0, 0.1) is 0 Å². The number of halogens is 1. The van der Waals surface area contributed by atoms with Crippen LogP contribution in [0.1, 0.15) is 24.8 Å². The molecule has 118 valence electrons. The number of nitrogens with one attached hydrogen (secondary N) is 2. The van der Waals surface area contributed by atoms with Crippen molar-refractivity contribution in [2.24, 2.45) is 5.14 Å². The van der Waals surface area contributed by atoms with Gasteiger partial charge in [-0.3, -0.25) is 4.79 Å². The number of primary sulfonamides is 1. The van der Waals surface area contributed by atoms with Gasteiger partial charge < -0.3 is 10.6 Å². The van der Waals surface area contributed by atoms with E-state index in [9.17, 15) is 13.2 Å². The van der Waals surface area contributed by atoms with Crippen LogP contribution in [0.5, 0.6) is 0 Å². The van der Waals surface area contributed by atoms with Gasteiger partial charge in [-0.15, -0.1) is 12.4 Å². The van der Waals surface area contributed by atoms with Gasteiger partial charge in [-0.25, -0.2) is 13.6 Å². The monoisotopic (exact) mass is 333 g/mol. The number of hydrogen-bond donors (Lipinski definition) is 3. The fourth-order valence-corrected chi connectivity index (χ4v) is 2.88. The van der Waals surface area contributed by atoms with E-state index in [0.29, 0.717) is 11.3 Å². The van der Waals surface area contributed by atoms with E-state index in [1.54, 1.807) is 24.3 Å². The minimum atomic E-state index is -3.53. The third-order valence-electron chi connectivity index (χ3n) is 3.22. The molecule has 0 bridgehead atoms.